The molecule has 0 aliphatic heterocycles. The Morgan fingerprint density at radius 2 is 2.21 bits per heavy atom. The number of unbranched alkanes of at least 4 members (excludes halogenated alkanes) is 1. The van der Waals surface area contributed by atoms with Crippen molar-refractivity contribution in [3.05, 3.63) is 23.8 Å². The van der Waals surface area contributed by atoms with E-state index < -0.39 is 0 Å². The zero-order valence-corrected chi connectivity index (χ0v) is 11.6. The lowest BCUT2D eigenvalue weighted by Gasteiger charge is -2.08. The number of aromatic hydroxyl groups is 1. The van der Waals surface area contributed by atoms with E-state index in [0.717, 1.165) is 12.8 Å². The molecule has 4 N–H and O–H groups in total. The number of rotatable bonds is 7. The number of nitrogens with one attached hydrogen (secondary N) is 1. The average molecular weight is 282 g/mol. The maximum atomic E-state index is 11.8. The predicted molar refractivity (Wildman–Crippen MR) is 77.6 cm³/mol. The molecule has 0 saturated carbocycles. The van der Waals surface area contributed by atoms with E-state index in [1.54, 1.807) is 6.07 Å². The van der Waals surface area contributed by atoms with Gasteiger partial charge in [-0.25, -0.2) is 0 Å². The highest BCUT2D eigenvalue weighted by Crippen LogP contribution is 2.23. The number of methoxy groups -OCH3 is 1. The van der Waals surface area contributed by atoms with Gasteiger partial charge in [-0.1, -0.05) is 12.2 Å². The van der Waals surface area contributed by atoms with Gasteiger partial charge in [0, 0.05) is 12.6 Å². The summed E-state index contributed by atoms with van der Waals surface area (Å²) in [6.45, 7) is 0.521. The number of benzene rings is 1. The zero-order chi connectivity index (χ0) is 14.3. The fourth-order valence-corrected chi connectivity index (χ4v) is 1.70. The molecule has 0 saturated heterocycles. The third-order valence-corrected chi connectivity index (χ3v) is 2.79. The molecule has 0 aliphatic carbocycles. The van der Waals surface area contributed by atoms with Crippen LogP contribution in [-0.4, -0.2) is 29.7 Å². The third kappa shape index (κ3) is 5.13. The number of hydrogen-bond donors (Lipinski definition) is 3. The molecule has 19 heavy (non-hydrogen) atoms. The Kier molecular flexibility index (Phi) is 6.08. The molecule has 1 rings (SSSR count). The smallest absolute Gasteiger partial charge is 0.255 e. The molecule has 6 heteroatoms. The molecule has 0 bridgehead atoms. The summed E-state index contributed by atoms with van der Waals surface area (Å²) in [5.41, 5.74) is 5.60. The Labute approximate surface area is 117 Å². The van der Waals surface area contributed by atoms with E-state index in [0.29, 0.717) is 23.7 Å². The van der Waals surface area contributed by atoms with Gasteiger partial charge >= 0.3 is 0 Å². The topological polar surface area (TPSA) is 84.6 Å². The van der Waals surface area contributed by atoms with E-state index in [-0.39, 0.29) is 17.2 Å². The number of carbonyl (C=O) groups is 1. The molecule has 0 atom stereocenters. The van der Waals surface area contributed by atoms with Gasteiger partial charge in [0.15, 0.2) is 0 Å². The normalized spacial score (nSPS) is 9.95. The number of nitrogens with two attached hydrogens (primary N) is 1. The Bertz CT molecular complexity index is 463. The van der Waals surface area contributed by atoms with Crippen molar-refractivity contribution < 1.29 is 14.6 Å². The van der Waals surface area contributed by atoms with E-state index in [1.165, 1.54) is 19.2 Å². The van der Waals surface area contributed by atoms with Crippen LogP contribution in [0.4, 0.5) is 0 Å². The lowest BCUT2D eigenvalue weighted by molar-refractivity contribution is 0.0950. The van der Waals surface area contributed by atoms with Crippen LogP contribution in [-0.2, 0) is 0 Å². The van der Waals surface area contributed by atoms with Crippen molar-refractivity contribution in [2.24, 2.45) is 5.73 Å². The van der Waals surface area contributed by atoms with Crippen LogP contribution < -0.4 is 15.8 Å². The van der Waals surface area contributed by atoms with Crippen molar-refractivity contribution in [3.63, 3.8) is 0 Å². The number of thiocarbonyl (C=S) groups is 1. The van der Waals surface area contributed by atoms with E-state index in [1.807, 2.05) is 0 Å². The molecule has 1 amide bonds. The van der Waals surface area contributed by atoms with Gasteiger partial charge in [0.1, 0.15) is 11.5 Å². The van der Waals surface area contributed by atoms with Crippen molar-refractivity contribution in [1.29, 1.82) is 0 Å². The van der Waals surface area contributed by atoms with Gasteiger partial charge in [0.25, 0.3) is 5.91 Å². The predicted octanol–water partition coefficient (Wildman–Crippen LogP) is 1.59. The van der Waals surface area contributed by atoms with Crippen LogP contribution in [0.1, 0.15) is 29.6 Å². The fraction of sp³-hybridized carbons (Fsp3) is 0.385. The maximum Gasteiger partial charge on any atom is 0.255 e. The molecule has 0 unspecified atom stereocenters. The molecular formula is C13H18N2O3S. The molecule has 0 radical (unpaired) electrons. The average Bonchev–Trinajstić information content (AvgIpc) is 2.37. The molecule has 0 aliphatic rings. The quantitative estimate of drug-likeness (QED) is 0.522. The van der Waals surface area contributed by atoms with Crippen LogP contribution in [0.2, 0.25) is 0 Å². The summed E-state index contributed by atoms with van der Waals surface area (Å²) in [7, 11) is 1.50. The van der Waals surface area contributed by atoms with Crippen molar-refractivity contribution in [2.75, 3.05) is 13.7 Å². The van der Waals surface area contributed by atoms with E-state index in [4.69, 9.17) is 22.7 Å². The number of carbonyl (C=O) groups excluding carboxylic acids is 1. The van der Waals surface area contributed by atoms with Crippen molar-refractivity contribution in [1.82, 2.24) is 5.32 Å². The molecule has 0 spiro atoms. The third-order valence-electron chi connectivity index (χ3n) is 2.59. The molecule has 1 aromatic carbocycles. The lowest BCUT2D eigenvalue weighted by atomic mass is 10.1. The summed E-state index contributed by atoms with van der Waals surface area (Å²) in [6, 6.07) is 4.56. The summed E-state index contributed by atoms with van der Waals surface area (Å²) >= 11 is 4.76. The first kappa shape index (κ1) is 15.2. The molecule has 1 aromatic rings. The second kappa shape index (κ2) is 7.58. The van der Waals surface area contributed by atoms with Gasteiger partial charge < -0.3 is 20.9 Å². The Morgan fingerprint density at radius 1 is 1.47 bits per heavy atom. The van der Waals surface area contributed by atoms with Crippen LogP contribution in [0, 0.1) is 0 Å². The summed E-state index contributed by atoms with van der Waals surface area (Å²) in [6.07, 6.45) is 2.31. The first-order valence-electron chi connectivity index (χ1n) is 5.98. The van der Waals surface area contributed by atoms with Gasteiger partial charge in [-0.2, -0.15) is 0 Å². The Hall–Kier alpha value is -1.82. The van der Waals surface area contributed by atoms with Gasteiger partial charge in [0.05, 0.1) is 17.7 Å². The van der Waals surface area contributed by atoms with Crippen LogP contribution in [0.3, 0.4) is 0 Å². The number of amides is 1. The number of hydrogen-bond acceptors (Lipinski definition) is 4. The summed E-state index contributed by atoms with van der Waals surface area (Å²) in [4.78, 5) is 12.3. The SMILES string of the molecule is COc1ccc(C(=O)NCCCCC(N)=S)c(O)c1. The monoisotopic (exact) mass is 282 g/mol. The van der Waals surface area contributed by atoms with E-state index >= 15 is 0 Å². The van der Waals surface area contributed by atoms with Gasteiger partial charge in [-0.15, -0.1) is 0 Å². The highest BCUT2D eigenvalue weighted by atomic mass is 32.1. The zero-order valence-electron chi connectivity index (χ0n) is 10.8. The molecule has 5 nitrogen and oxygen atoms in total. The number of phenolic OH excluding ortho intramolecular Hbond substituents is 1. The van der Waals surface area contributed by atoms with Gasteiger partial charge in [-0.3, -0.25) is 4.79 Å². The van der Waals surface area contributed by atoms with Crippen LogP contribution in [0.15, 0.2) is 18.2 Å². The lowest BCUT2D eigenvalue weighted by Crippen LogP contribution is -2.24. The molecule has 0 aromatic heterocycles. The van der Waals surface area contributed by atoms with Gasteiger partial charge in [0.2, 0.25) is 0 Å². The number of ether oxygens (including phenoxy) is 1. The fourth-order valence-electron chi connectivity index (χ4n) is 1.55. The minimum Gasteiger partial charge on any atom is -0.507 e. The summed E-state index contributed by atoms with van der Waals surface area (Å²) in [5.74, 6) is 0.0981. The van der Waals surface area contributed by atoms with E-state index in [2.05, 4.69) is 5.32 Å². The molecular weight excluding hydrogens is 264 g/mol. The second-order valence-electron chi connectivity index (χ2n) is 4.06. The second-order valence-corrected chi connectivity index (χ2v) is 4.59. The standard InChI is InChI=1S/C13H18N2O3S/c1-18-9-5-6-10(11(16)8-9)13(17)15-7-3-2-4-12(14)19/h5-6,8,16H,2-4,7H2,1H3,(H2,14,19)(H,15,17). The summed E-state index contributed by atoms with van der Waals surface area (Å²) < 4.78 is 4.95. The molecule has 0 fully saturated rings. The van der Waals surface area contributed by atoms with Crippen molar-refractivity contribution in [2.45, 2.75) is 19.3 Å². The van der Waals surface area contributed by atoms with Crippen molar-refractivity contribution >= 4 is 23.1 Å². The minimum absolute atomic E-state index is 0.0972. The molecule has 0 heterocycles. The van der Waals surface area contributed by atoms with E-state index in [9.17, 15) is 9.90 Å². The number of phenols is 1. The van der Waals surface area contributed by atoms with Crippen LogP contribution >= 0.6 is 12.2 Å². The Morgan fingerprint density at radius 3 is 2.79 bits per heavy atom. The van der Waals surface area contributed by atoms with Crippen LogP contribution in [0.25, 0.3) is 0 Å². The molecule has 104 valence electrons. The highest BCUT2D eigenvalue weighted by Gasteiger charge is 2.11. The van der Waals surface area contributed by atoms with Gasteiger partial charge in [-0.05, 0) is 31.4 Å². The largest absolute Gasteiger partial charge is 0.507 e. The first-order chi connectivity index (χ1) is 9.04. The van der Waals surface area contributed by atoms with Crippen LogP contribution in [0.5, 0.6) is 11.5 Å². The summed E-state index contributed by atoms with van der Waals surface area (Å²) in [5, 5.41) is 12.4. The van der Waals surface area contributed by atoms with Crippen molar-refractivity contribution in [3.8, 4) is 11.5 Å². The Balaban J connectivity index is 2.43. The first-order valence-corrected chi connectivity index (χ1v) is 6.39. The highest BCUT2D eigenvalue weighted by molar-refractivity contribution is 7.80. The maximum absolute atomic E-state index is 11.8. The minimum atomic E-state index is -0.310.